The number of H-pyrrole nitrogens is 1. The summed E-state index contributed by atoms with van der Waals surface area (Å²) < 4.78 is 0. The van der Waals surface area contributed by atoms with Crippen molar-refractivity contribution in [1.82, 2.24) is 9.97 Å². The number of imidazole rings is 1. The van der Waals surface area contributed by atoms with Gasteiger partial charge in [0.2, 0.25) is 0 Å². The molecule has 1 atom stereocenters. The van der Waals surface area contributed by atoms with Crippen LogP contribution in [0.5, 0.6) is 0 Å². The van der Waals surface area contributed by atoms with Gasteiger partial charge in [0.25, 0.3) is 0 Å². The molecule has 0 saturated heterocycles. The van der Waals surface area contributed by atoms with E-state index in [0.29, 0.717) is 0 Å². The molecule has 0 aromatic carbocycles. The highest BCUT2D eigenvalue weighted by Gasteiger charge is 2.26. The molecule has 11 heavy (non-hydrogen) atoms. The molecule has 1 unspecified atom stereocenters. The van der Waals surface area contributed by atoms with Gasteiger partial charge in [0, 0.05) is 23.3 Å². The topological polar surface area (TPSA) is 54.7 Å². The van der Waals surface area contributed by atoms with Gasteiger partial charge in [-0.05, 0) is 6.92 Å². The molecule has 1 heterocycles. The average Bonchev–Trinajstić information content (AvgIpc) is 2.37. The number of aromatic amines is 1. The van der Waals surface area contributed by atoms with E-state index in [2.05, 4.69) is 23.8 Å². The smallest absolute Gasteiger partial charge is 0.0921 e. The van der Waals surface area contributed by atoms with Crippen LogP contribution >= 0.6 is 0 Å². The second kappa shape index (κ2) is 2.66. The molecule has 0 fully saturated rings. The van der Waals surface area contributed by atoms with Crippen LogP contribution in [0.25, 0.3) is 0 Å². The van der Waals surface area contributed by atoms with Crippen molar-refractivity contribution in [2.75, 3.05) is 0 Å². The van der Waals surface area contributed by atoms with Crippen LogP contribution in [0.15, 0.2) is 12.5 Å². The highest BCUT2D eigenvalue weighted by atomic mass is 14.9. The van der Waals surface area contributed by atoms with E-state index >= 15 is 0 Å². The number of rotatable bonds is 2. The molecule has 0 aliphatic carbocycles. The normalized spacial score (nSPS) is 14.9. The van der Waals surface area contributed by atoms with Crippen LogP contribution in [0, 0.1) is 0 Å². The number of nitrogens with zero attached hydrogens (tertiary/aromatic N) is 1. The standard InChI is InChI=1S/C8H15N3/c1-6(9)8(2,3)7-4-10-5-11-7/h4-6H,9H2,1-3H3,(H,10,11). The maximum Gasteiger partial charge on any atom is 0.0921 e. The summed E-state index contributed by atoms with van der Waals surface area (Å²) in [5.74, 6) is 0. The lowest BCUT2D eigenvalue weighted by atomic mass is 9.83. The summed E-state index contributed by atoms with van der Waals surface area (Å²) in [6, 6.07) is 0.128. The molecule has 1 rings (SSSR count). The number of aromatic nitrogens is 2. The van der Waals surface area contributed by atoms with Gasteiger partial charge in [-0.3, -0.25) is 0 Å². The third kappa shape index (κ3) is 1.43. The zero-order chi connectivity index (χ0) is 8.48. The van der Waals surface area contributed by atoms with Gasteiger partial charge >= 0.3 is 0 Å². The predicted octanol–water partition coefficient (Wildman–Crippen LogP) is 1.03. The molecule has 3 nitrogen and oxygen atoms in total. The zero-order valence-corrected chi connectivity index (χ0v) is 7.26. The Morgan fingerprint density at radius 2 is 2.27 bits per heavy atom. The molecule has 62 valence electrons. The molecule has 0 aliphatic rings. The fourth-order valence-corrected chi connectivity index (χ4v) is 0.854. The summed E-state index contributed by atoms with van der Waals surface area (Å²) in [5, 5.41) is 0. The third-order valence-electron chi connectivity index (χ3n) is 2.33. The van der Waals surface area contributed by atoms with E-state index in [1.807, 2.05) is 13.1 Å². The summed E-state index contributed by atoms with van der Waals surface area (Å²) >= 11 is 0. The molecular weight excluding hydrogens is 138 g/mol. The lowest BCUT2D eigenvalue weighted by molar-refractivity contribution is 0.424. The van der Waals surface area contributed by atoms with E-state index in [1.54, 1.807) is 6.33 Å². The van der Waals surface area contributed by atoms with Crippen LogP contribution in [-0.4, -0.2) is 16.0 Å². The van der Waals surface area contributed by atoms with Crippen molar-refractivity contribution in [2.24, 2.45) is 5.73 Å². The second-order valence-electron chi connectivity index (χ2n) is 3.48. The first kappa shape index (κ1) is 8.27. The Bertz CT molecular complexity index is 211. The van der Waals surface area contributed by atoms with E-state index in [4.69, 9.17) is 5.73 Å². The van der Waals surface area contributed by atoms with Gasteiger partial charge in [0.1, 0.15) is 0 Å². The zero-order valence-electron chi connectivity index (χ0n) is 7.26. The van der Waals surface area contributed by atoms with Crippen LogP contribution in [0.4, 0.5) is 0 Å². The van der Waals surface area contributed by atoms with Gasteiger partial charge < -0.3 is 10.7 Å². The SMILES string of the molecule is CC(N)C(C)(C)c1cnc[nH]1. The maximum atomic E-state index is 5.81. The van der Waals surface area contributed by atoms with Gasteiger partial charge in [-0.1, -0.05) is 13.8 Å². The van der Waals surface area contributed by atoms with E-state index in [-0.39, 0.29) is 11.5 Å². The quantitative estimate of drug-likeness (QED) is 0.667. The minimum absolute atomic E-state index is 0.0174. The Morgan fingerprint density at radius 1 is 1.64 bits per heavy atom. The first-order valence-electron chi connectivity index (χ1n) is 3.79. The number of hydrogen-bond donors (Lipinski definition) is 2. The minimum atomic E-state index is -0.0174. The lowest BCUT2D eigenvalue weighted by Crippen LogP contribution is -2.38. The number of nitrogens with one attached hydrogen (secondary N) is 1. The van der Waals surface area contributed by atoms with Crippen LogP contribution in [-0.2, 0) is 5.41 Å². The second-order valence-corrected chi connectivity index (χ2v) is 3.48. The van der Waals surface area contributed by atoms with Crippen molar-refractivity contribution in [3.05, 3.63) is 18.2 Å². The lowest BCUT2D eigenvalue weighted by Gasteiger charge is -2.27. The fraction of sp³-hybridized carbons (Fsp3) is 0.625. The van der Waals surface area contributed by atoms with E-state index in [1.165, 1.54) is 0 Å². The van der Waals surface area contributed by atoms with Crippen molar-refractivity contribution in [3.8, 4) is 0 Å². The van der Waals surface area contributed by atoms with Crippen LogP contribution in [0.1, 0.15) is 26.5 Å². The van der Waals surface area contributed by atoms with Crippen LogP contribution in [0.2, 0.25) is 0 Å². The summed E-state index contributed by atoms with van der Waals surface area (Å²) in [7, 11) is 0. The maximum absolute atomic E-state index is 5.81. The largest absolute Gasteiger partial charge is 0.348 e. The Labute approximate surface area is 67.0 Å². The Hall–Kier alpha value is -0.830. The highest BCUT2D eigenvalue weighted by molar-refractivity contribution is 5.12. The van der Waals surface area contributed by atoms with E-state index < -0.39 is 0 Å². The third-order valence-corrected chi connectivity index (χ3v) is 2.33. The summed E-state index contributed by atoms with van der Waals surface area (Å²) in [6.45, 7) is 6.21. The number of nitrogens with two attached hydrogens (primary N) is 1. The van der Waals surface area contributed by atoms with Crippen LogP contribution in [0.3, 0.4) is 0 Å². The van der Waals surface area contributed by atoms with Gasteiger partial charge in [-0.2, -0.15) is 0 Å². The monoisotopic (exact) mass is 153 g/mol. The molecule has 0 amide bonds. The first-order chi connectivity index (χ1) is 5.05. The molecule has 0 spiro atoms. The number of hydrogen-bond acceptors (Lipinski definition) is 2. The molecule has 0 aliphatic heterocycles. The molecule has 1 aromatic heterocycles. The summed E-state index contributed by atoms with van der Waals surface area (Å²) in [5.41, 5.74) is 6.89. The van der Waals surface area contributed by atoms with Crippen molar-refractivity contribution in [2.45, 2.75) is 32.2 Å². The Balaban J connectivity index is 2.90. The minimum Gasteiger partial charge on any atom is -0.348 e. The Morgan fingerprint density at radius 3 is 2.64 bits per heavy atom. The molecule has 3 N–H and O–H groups in total. The average molecular weight is 153 g/mol. The molecule has 0 saturated carbocycles. The molecule has 1 aromatic rings. The fourth-order valence-electron chi connectivity index (χ4n) is 0.854. The highest BCUT2D eigenvalue weighted by Crippen LogP contribution is 2.22. The van der Waals surface area contributed by atoms with E-state index in [9.17, 15) is 0 Å². The predicted molar refractivity (Wildman–Crippen MR) is 45.3 cm³/mol. The van der Waals surface area contributed by atoms with E-state index in [0.717, 1.165) is 5.69 Å². The molecule has 0 radical (unpaired) electrons. The summed E-state index contributed by atoms with van der Waals surface area (Å²) in [4.78, 5) is 7.03. The van der Waals surface area contributed by atoms with Crippen molar-refractivity contribution in [3.63, 3.8) is 0 Å². The molecule has 3 heteroatoms. The van der Waals surface area contributed by atoms with Crippen molar-refractivity contribution < 1.29 is 0 Å². The van der Waals surface area contributed by atoms with Crippen LogP contribution < -0.4 is 5.73 Å². The van der Waals surface area contributed by atoms with Gasteiger partial charge in [0.15, 0.2) is 0 Å². The molecular formula is C8H15N3. The van der Waals surface area contributed by atoms with Crippen molar-refractivity contribution >= 4 is 0 Å². The Kier molecular flexibility index (Phi) is 2.00. The summed E-state index contributed by atoms with van der Waals surface area (Å²) in [6.07, 6.45) is 3.50. The van der Waals surface area contributed by atoms with Gasteiger partial charge in [0.05, 0.1) is 6.33 Å². The van der Waals surface area contributed by atoms with Gasteiger partial charge in [-0.25, -0.2) is 4.98 Å². The molecule has 0 bridgehead atoms. The first-order valence-corrected chi connectivity index (χ1v) is 3.79. The van der Waals surface area contributed by atoms with Crippen molar-refractivity contribution in [1.29, 1.82) is 0 Å². The van der Waals surface area contributed by atoms with Gasteiger partial charge in [-0.15, -0.1) is 0 Å².